The van der Waals surface area contributed by atoms with Crippen molar-refractivity contribution in [1.29, 1.82) is 0 Å². The molecule has 1 unspecified atom stereocenters. The molecule has 24 heavy (non-hydrogen) atoms. The Morgan fingerprint density at radius 1 is 1.00 bits per heavy atom. The highest BCUT2D eigenvalue weighted by Crippen LogP contribution is 2.41. The van der Waals surface area contributed by atoms with Gasteiger partial charge in [0.05, 0.1) is 0 Å². The van der Waals surface area contributed by atoms with Crippen LogP contribution in [0.1, 0.15) is 34.1 Å². The average Bonchev–Trinajstić information content (AvgIpc) is 2.55. The summed E-state index contributed by atoms with van der Waals surface area (Å²) in [6, 6.07) is 0. The number of hydrogen-bond acceptors (Lipinski definition) is 6. The standard InChI is InChI=1S/C18H26O3S3/c1-6-10-16(20)22-12-18(9-4,13-23-17(21)11-7-2)14(5)24-15(19)8-3/h6-8,10-11,14H,3,9,12-13H2,1-2,4-5H3. The van der Waals surface area contributed by atoms with Gasteiger partial charge in [-0.3, -0.25) is 14.4 Å². The molecule has 0 radical (unpaired) electrons. The summed E-state index contributed by atoms with van der Waals surface area (Å²) in [7, 11) is 0. The van der Waals surface area contributed by atoms with Crippen molar-refractivity contribution in [3.05, 3.63) is 37.0 Å². The largest absolute Gasteiger partial charge is 0.282 e. The summed E-state index contributed by atoms with van der Waals surface area (Å²) in [5, 5.41) is -0.126. The van der Waals surface area contributed by atoms with E-state index in [0.717, 1.165) is 6.42 Å². The van der Waals surface area contributed by atoms with Gasteiger partial charge in [0.25, 0.3) is 0 Å². The van der Waals surface area contributed by atoms with E-state index in [-0.39, 0.29) is 26.0 Å². The van der Waals surface area contributed by atoms with Crippen molar-refractivity contribution in [3.8, 4) is 0 Å². The summed E-state index contributed by atoms with van der Waals surface area (Å²) in [6.45, 7) is 11.1. The quantitative estimate of drug-likeness (QED) is 0.498. The molecule has 0 aromatic rings. The first-order valence-electron chi connectivity index (χ1n) is 7.77. The van der Waals surface area contributed by atoms with Crippen molar-refractivity contribution in [2.45, 2.75) is 39.4 Å². The van der Waals surface area contributed by atoms with Crippen molar-refractivity contribution in [1.82, 2.24) is 0 Å². The Labute approximate surface area is 158 Å². The maximum Gasteiger partial charge on any atom is 0.211 e. The molecule has 0 aromatic heterocycles. The molecule has 0 aliphatic rings. The average molecular weight is 387 g/mol. The highest BCUT2D eigenvalue weighted by Gasteiger charge is 2.37. The van der Waals surface area contributed by atoms with Crippen LogP contribution in [0, 0.1) is 5.41 Å². The molecule has 0 aliphatic heterocycles. The molecule has 0 spiro atoms. The molecule has 134 valence electrons. The molecule has 0 saturated heterocycles. The smallest absolute Gasteiger partial charge is 0.211 e. The number of thioether (sulfide) groups is 3. The Hall–Kier alpha value is -0.720. The lowest BCUT2D eigenvalue weighted by molar-refractivity contribution is -0.107. The molecule has 3 nitrogen and oxygen atoms in total. The van der Waals surface area contributed by atoms with Gasteiger partial charge in [-0.1, -0.05) is 67.9 Å². The Balaban J connectivity index is 5.24. The summed E-state index contributed by atoms with van der Waals surface area (Å²) in [6.07, 6.45) is 8.58. The highest BCUT2D eigenvalue weighted by atomic mass is 32.2. The van der Waals surface area contributed by atoms with Crippen LogP contribution in [0.4, 0.5) is 0 Å². The lowest BCUT2D eigenvalue weighted by Crippen LogP contribution is -2.37. The van der Waals surface area contributed by atoms with E-state index >= 15 is 0 Å². The molecule has 0 amide bonds. The zero-order chi connectivity index (χ0) is 18.6. The highest BCUT2D eigenvalue weighted by molar-refractivity contribution is 8.15. The second-order valence-electron chi connectivity index (χ2n) is 5.21. The SMILES string of the molecule is C=CC(=O)SC(C)C(CC)(CSC(=O)C=CC)CSC(=O)C=CC. The molecule has 0 heterocycles. The van der Waals surface area contributed by atoms with Crippen LogP contribution in [0.3, 0.4) is 0 Å². The molecule has 0 aliphatic carbocycles. The summed E-state index contributed by atoms with van der Waals surface area (Å²) in [4.78, 5) is 35.4. The summed E-state index contributed by atoms with van der Waals surface area (Å²) >= 11 is 3.70. The Bertz CT molecular complexity index is 482. The van der Waals surface area contributed by atoms with Gasteiger partial charge < -0.3 is 0 Å². The van der Waals surface area contributed by atoms with E-state index in [1.54, 1.807) is 26.0 Å². The second kappa shape index (κ2) is 12.6. The summed E-state index contributed by atoms with van der Waals surface area (Å²) in [5.74, 6) is 1.14. The molecule has 6 heteroatoms. The van der Waals surface area contributed by atoms with E-state index < -0.39 is 0 Å². The van der Waals surface area contributed by atoms with E-state index in [1.165, 1.54) is 53.5 Å². The maximum atomic E-state index is 11.8. The fourth-order valence-electron chi connectivity index (χ4n) is 1.91. The maximum absolute atomic E-state index is 11.8. The molecule has 0 N–H and O–H groups in total. The molecule has 0 fully saturated rings. The third kappa shape index (κ3) is 8.40. The van der Waals surface area contributed by atoms with Gasteiger partial charge in [0, 0.05) is 22.2 Å². The zero-order valence-electron chi connectivity index (χ0n) is 14.7. The topological polar surface area (TPSA) is 51.2 Å². The van der Waals surface area contributed by atoms with Gasteiger partial charge in [-0.25, -0.2) is 0 Å². The number of allylic oxidation sites excluding steroid dienone is 2. The Kier molecular flexibility index (Phi) is 12.2. The van der Waals surface area contributed by atoms with Crippen molar-refractivity contribution in [2.24, 2.45) is 5.41 Å². The number of carbonyl (C=O) groups is 3. The molecule has 0 bridgehead atoms. The van der Waals surface area contributed by atoms with Gasteiger partial charge in [0.2, 0.25) is 15.3 Å². The minimum atomic E-state index is -0.298. The predicted octanol–water partition coefficient (Wildman–Crippen LogP) is 4.89. The van der Waals surface area contributed by atoms with Crippen LogP contribution in [0.2, 0.25) is 0 Å². The molecule has 0 rings (SSSR count). The molecular formula is C18H26O3S3. The molecule has 0 aromatic carbocycles. The Morgan fingerprint density at radius 3 is 1.79 bits per heavy atom. The lowest BCUT2D eigenvalue weighted by Gasteiger charge is -2.36. The van der Waals surface area contributed by atoms with Crippen molar-refractivity contribution >= 4 is 50.6 Å². The van der Waals surface area contributed by atoms with Crippen LogP contribution >= 0.6 is 35.3 Å². The predicted molar refractivity (Wildman–Crippen MR) is 110 cm³/mol. The summed E-state index contributed by atoms with van der Waals surface area (Å²) < 4.78 is 0. The Morgan fingerprint density at radius 2 is 1.46 bits per heavy atom. The van der Waals surface area contributed by atoms with Crippen molar-refractivity contribution < 1.29 is 14.4 Å². The van der Waals surface area contributed by atoms with Crippen LogP contribution in [-0.4, -0.2) is 32.1 Å². The molecule has 1 atom stereocenters. The van der Waals surface area contributed by atoms with E-state index in [0.29, 0.717) is 11.5 Å². The second-order valence-corrected chi connectivity index (χ2v) is 8.52. The van der Waals surface area contributed by atoms with Gasteiger partial charge in [0.1, 0.15) is 0 Å². The van der Waals surface area contributed by atoms with Crippen LogP contribution in [0.25, 0.3) is 0 Å². The van der Waals surface area contributed by atoms with E-state index in [2.05, 4.69) is 6.58 Å². The van der Waals surface area contributed by atoms with Gasteiger partial charge in [-0.2, -0.15) is 0 Å². The lowest BCUT2D eigenvalue weighted by atomic mass is 9.86. The van der Waals surface area contributed by atoms with Crippen LogP contribution in [0.15, 0.2) is 37.0 Å². The monoisotopic (exact) mass is 386 g/mol. The van der Waals surface area contributed by atoms with E-state index in [4.69, 9.17) is 0 Å². The van der Waals surface area contributed by atoms with Crippen LogP contribution < -0.4 is 0 Å². The fraction of sp³-hybridized carbons (Fsp3) is 0.500. The van der Waals surface area contributed by atoms with Gasteiger partial charge in [0.15, 0.2) is 0 Å². The third-order valence-corrected chi connectivity index (χ3v) is 7.17. The fourth-order valence-corrected chi connectivity index (χ4v) is 5.72. The third-order valence-electron chi connectivity index (χ3n) is 3.64. The summed E-state index contributed by atoms with van der Waals surface area (Å²) in [5.41, 5.74) is -0.298. The normalized spacial score (nSPS) is 15.3. The van der Waals surface area contributed by atoms with Crippen molar-refractivity contribution in [3.63, 3.8) is 0 Å². The van der Waals surface area contributed by atoms with Crippen LogP contribution in [-0.2, 0) is 14.4 Å². The van der Waals surface area contributed by atoms with E-state index in [9.17, 15) is 14.4 Å². The first kappa shape index (κ1) is 23.3. The van der Waals surface area contributed by atoms with Gasteiger partial charge >= 0.3 is 0 Å². The minimum Gasteiger partial charge on any atom is -0.282 e. The number of rotatable bonds is 10. The minimum absolute atomic E-state index is 0.00708. The van der Waals surface area contributed by atoms with E-state index in [1.807, 2.05) is 13.8 Å². The number of hydrogen-bond donors (Lipinski definition) is 0. The van der Waals surface area contributed by atoms with Gasteiger partial charge in [-0.15, -0.1) is 0 Å². The van der Waals surface area contributed by atoms with Crippen LogP contribution in [0.5, 0.6) is 0 Å². The first-order valence-corrected chi connectivity index (χ1v) is 10.6. The number of carbonyl (C=O) groups excluding carboxylic acids is 3. The zero-order valence-corrected chi connectivity index (χ0v) is 17.2. The first-order chi connectivity index (χ1) is 11.3. The van der Waals surface area contributed by atoms with Gasteiger partial charge in [-0.05, 0) is 38.5 Å². The van der Waals surface area contributed by atoms with Crippen molar-refractivity contribution in [2.75, 3.05) is 11.5 Å². The molecule has 0 saturated carbocycles. The molecular weight excluding hydrogens is 360 g/mol.